The molecule has 0 spiro atoms. The van der Waals surface area contributed by atoms with Crippen LogP contribution in [0.4, 0.5) is 0 Å². The topological polar surface area (TPSA) is 66.4 Å². The fourth-order valence-electron chi connectivity index (χ4n) is 2.71. The minimum absolute atomic E-state index is 0.0227. The highest BCUT2D eigenvalue weighted by Crippen LogP contribution is 2.24. The number of carboxylic acids is 1. The van der Waals surface area contributed by atoms with E-state index in [0.29, 0.717) is 6.42 Å². The second-order valence-electron chi connectivity index (χ2n) is 5.56. The van der Waals surface area contributed by atoms with Crippen LogP contribution in [0.25, 0.3) is 0 Å². The molecule has 0 aliphatic heterocycles. The second-order valence-corrected chi connectivity index (χ2v) is 6.48. The van der Waals surface area contributed by atoms with Gasteiger partial charge in [0.15, 0.2) is 0 Å². The van der Waals surface area contributed by atoms with E-state index < -0.39 is 12.0 Å². The van der Waals surface area contributed by atoms with Gasteiger partial charge in [-0.05, 0) is 30.5 Å². The van der Waals surface area contributed by atoms with Gasteiger partial charge >= 0.3 is 5.97 Å². The third-order valence-electron chi connectivity index (χ3n) is 3.94. The van der Waals surface area contributed by atoms with Crippen LogP contribution in [0.3, 0.4) is 0 Å². The highest BCUT2D eigenvalue weighted by Gasteiger charge is 2.26. The van der Waals surface area contributed by atoms with E-state index in [1.807, 2.05) is 24.3 Å². The van der Waals surface area contributed by atoms with Crippen LogP contribution < -0.4 is 5.32 Å². The van der Waals surface area contributed by atoms with Gasteiger partial charge in [-0.15, -0.1) is 0 Å². The third kappa shape index (κ3) is 4.84. The molecule has 2 N–H and O–H groups in total. The summed E-state index contributed by atoms with van der Waals surface area (Å²) in [5.41, 5.74) is 0.898. The summed E-state index contributed by atoms with van der Waals surface area (Å²) >= 11 is 3.35. The zero-order chi connectivity index (χ0) is 15.2. The van der Waals surface area contributed by atoms with Gasteiger partial charge in [0.2, 0.25) is 5.91 Å². The summed E-state index contributed by atoms with van der Waals surface area (Å²) in [6, 6.07) is 6.62. The molecule has 1 amide bonds. The number of rotatable bonds is 5. The molecule has 1 fully saturated rings. The molecule has 0 bridgehead atoms. The minimum atomic E-state index is -0.984. The van der Waals surface area contributed by atoms with Crippen molar-refractivity contribution in [2.45, 2.75) is 44.6 Å². The molecule has 1 atom stereocenters. The molecule has 1 aromatic carbocycles. The van der Waals surface area contributed by atoms with Gasteiger partial charge in [-0.25, -0.2) is 4.79 Å². The fraction of sp³-hybridized carbons (Fsp3) is 0.500. The Labute approximate surface area is 133 Å². The number of halogens is 1. The summed E-state index contributed by atoms with van der Waals surface area (Å²) in [7, 11) is 0. The van der Waals surface area contributed by atoms with E-state index in [9.17, 15) is 14.7 Å². The van der Waals surface area contributed by atoms with Crippen molar-refractivity contribution >= 4 is 27.8 Å². The van der Waals surface area contributed by atoms with Crippen LogP contribution >= 0.6 is 15.9 Å². The largest absolute Gasteiger partial charge is 0.480 e. The van der Waals surface area contributed by atoms with Gasteiger partial charge in [0, 0.05) is 16.8 Å². The van der Waals surface area contributed by atoms with Crippen molar-refractivity contribution in [1.82, 2.24) is 5.32 Å². The number of aliphatic carboxylic acids is 1. The van der Waals surface area contributed by atoms with Crippen LogP contribution in [0.5, 0.6) is 0 Å². The molecule has 21 heavy (non-hydrogen) atoms. The number of carboxylic acid groups (broad SMARTS) is 1. The van der Waals surface area contributed by atoms with E-state index in [1.54, 1.807) is 0 Å². The smallest absolute Gasteiger partial charge is 0.326 e. The first-order chi connectivity index (χ1) is 10.1. The van der Waals surface area contributed by atoms with E-state index in [0.717, 1.165) is 35.7 Å². The van der Waals surface area contributed by atoms with Crippen LogP contribution in [0.1, 0.15) is 37.7 Å². The van der Waals surface area contributed by atoms with Gasteiger partial charge in [-0.3, -0.25) is 4.79 Å². The molecule has 2 rings (SSSR count). The van der Waals surface area contributed by atoms with E-state index in [4.69, 9.17) is 0 Å². The normalized spacial score (nSPS) is 17.2. The van der Waals surface area contributed by atoms with Crippen LogP contribution in [-0.4, -0.2) is 23.0 Å². The Hall–Kier alpha value is -1.36. The molecule has 4 nitrogen and oxygen atoms in total. The predicted molar refractivity (Wildman–Crippen MR) is 84.0 cm³/mol. The zero-order valence-corrected chi connectivity index (χ0v) is 13.4. The lowest BCUT2D eigenvalue weighted by Crippen LogP contribution is -2.45. The third-order valence-corrected chi connectivity index (χ3v) is 4.47. The van der Waals surface area contributed by atoms with Crippen LogP contribution in [-0.2, 0) is 16.0 Å². The predicted octanol–water partition coefficient (Wildman–Crippen LogP) is 3.14. The standard InChI is InChI=1S/C16H20BrNO3/c17-13-8-6-11(7-9-13)10-14(16(20)21)18-15(19)12-4-2-1-3-5-12/h6-9,12,14H,1-5,10H2,(H,18,19)(H,20,21)/t14-/m1/s1. The molecule has 0 radical (unpaired) electrons. The van der Waals surface area contributed by atoms with Crippen molar-refractivity contribution in [3.8, 4) is 0 Å². The SMILES string of the molecule is O=C(N[C@H](Cc1ccc(Br)cc1)C(=O)O)C1CCCCC1. The maximum Gasteiger partial charge on any atom is 0.326 e. The molecule has 0 aromatic heterocycles. The van der Waals surface area contributed by atoms with Crippen molar-refractivity contribution in [2.24, 2.45) is 5.92 Å². The average Bonchev–Trinajstić information content (AvgIpc) is 2.49. The van der Waals surface area contributed by atoms with Gasteiger partial charge in [0.1, 0.15) is 6.04 Å². The molecule has 1 aliphatic carbocycles. The number of benzene rings is 1. The van der Waals surface area contributed by atoms with Crippen molar-refractivity contribution in [3.05, 3.63) is 34.3 Å². The molecule has 5 heteroatoms. The first kappa shape index (κ1) is 16.0. The Balaban J connectivity index is 1.96. The van der Waals surface area contributed by atoms with Crippen molar-refractivity contribution in [1.29, 1.82) is 0 Å². The van der Waals surface area contributed by atoms with E-state index in [-0.39, 0.29) is 11.8 Å². The van der Waals surface area contributed by atoms with E-state index in [1.165, 1.54) is 6.42 Å². The number of hydrogen-bond donors (Lipinski definition) is 2. The summed E-state index contributed by atoms with van der Waals surface area (Å²) < 4.78 is 0.948. The Morgan fingerprint density at radius 3 is 2.38 bits per heavy atom. The molecule has 1 saturated carbocycles. The van der Waals surface area contributed by atoms with Crippen LogP contribution in [0.15, 0.2) is 28.7 Å². The van der Waals surface area contributed by atoms with Crippen molar-refractivity contribution in [2.75, 3.05) is 0 Å². The Bertz CT molecular complexity index is 495. The quantitative estimate of drug-likeness (QED) is 0.854. The molecule has 1 aliphatic rings. The zero-order valence-electron chi connectivity index (χ0n) is 11.8. The van der Waals surface area contributed by atoms with Crippen molar-refractivity contribution < 1.29 is 14.7 Å². The summed E-state index contributed by atoms with van der Waals surface area (Å²) in [6.45, 7) is 0. The molecule has 1 aromatic rings. The maximum atomic E-state index is 12.2. The Morgan fingerprint density at radius 1 is 1.19 bits per heavy atom. The summed E-state index contributed by atoms with van der Waals surface area (Å²) in [6.07, 6.45) is 5.34. The molecule has 114 valence electrons. The number of carbonyl (C=O) groups excluding carboxylic acids is 1. The second kappa shape index (κ2) is 7.59. The molecular formula is C16H20BrNO3. The summed E-state index contributed by atoms with van der Waals surface area (Å²) in [5.74, 6) is -1.12. The van der Waals surface area contributed by atoms with E-state index in [2.05, 4.69) is 21.2 Å². The number of hydrogen-bond acceptors (Lipinski definition) is 2. The average molecular weight is 354 g/mol. The number of amides is 1. The first-order valence-corrected chi connectivity index (χ1v) is 8.13. The molecular weight excluding hydrogens is 334 g/mol. The summed E-state index contributed by atoms with van der Waals surface area (Å²) in [4.78, 5) is 23.5. The lowest BCUT2D eigenvalue weighted by molar-refractivity contribution is -0.142. The van der Waals surface area contributed by atoms with Gasteiger partial charge in [-0.2, -0.15) is 0 Å². The highest BCUT2D eigenvalue weighted by atomic mass is 79.9. The maximum absolute atomic E-state index is 12.2. The first-order valence-electron chi connectivity index (χ1n) is 7.34. The Morgan fingerprint density at radius 2 is 1.81 bits per heavy atom. The van der Waals surface area contributed by atoms with Gasteiger partial charge in [-0.1, -0.05) is 47.3 Å². The minimum Gasteiger partial charge on any atom is -0.480 e. The number of nitrogens with one attached hydrogen (secondary N) is 1. The molecule has 0 saturated heterocycles. The van der Waals surface area contributed by atoms with Gasteiger partial charge in [0.25, 0.3) is 0 Å². The molecule has 0 heterocycles. The monoisotopic (exact) mass is 353 g/mol. The lowest BCUT2D eigenvalue weighted by Gasteiger charge is -2.23. The van der Waals surface area contributed by atoms with Gasteiger partial charge in [0.05, 0.1) is 0 Å². The summed E-state index contributed by atoms with van der Waals surface area (Å²) in [5, 5.41) is 12.0. The van der Waals surface area contributed by atoms with Crippen LogP contribution in [0.2, 0.25) is 0 Å². The van der Waals surface area contributed by atoms with Crippen molar-refractivity contribution in [3.63, 3.8) is 0 Å². The number of carbonyl (C=O) groups is 2. The van der Waals surface area contributed by atoms with E-state index >= 15 is 0 Å². The Kier molecular flexibility index (Phi) is 5.79. The lowest BCUT2D eigenvalue weighted by atomic mass is 9.88. The molecule has 0 unspecified atom stereocenters. The van der Waals surface area contributed by atoms with Crippen LogP contribution in [0, 0.1) is 5.92 Å². The van der Waals surface area contributed by atoms with Gasteiger partial charge < -0.3 is 10.4 Å². The highest BCUT2D eigenvalue weighted by molar-refractivity contribution is 9.10. The fourth-order valence-corrected chi connectivity index (χ4v) is 2.97.